The van der Waals surface area contributed by atoms with Crippen molar-refractivity contribution in [1.29, 1.82) is 5.26 Å². The van der Waals surface area contributed by atoms with E-state index in [0.29, 0.717) is 27.2 Å². The topological polar surface area (TPSA) is 133 Å². The van der Waals surface area contributed by atoms with Crippen LogP contribution in [0, 0.1) is 18.3 Å². The summed E-state index contributed by atoms with van der Waals surface area (Å²) in [6.07, 6.45) is 2.96. The predicted molar refractivity (Wildman–Crippen MR) is 136 cm³/mol. The van der Waals surface area contributed by atoms with E-state index < -0.39 is 18.0 Å². The predicted octanol–water partition coefficient (Wildman–Crippen LogP) is 2.72. The number of hydrogen-bond acceptors (Lipinski definition) is 8. The molecule has 0 aliphatic heterocycles. The number of fused-ring (bicyclic) bond motifs is 1. The molecule has 1 amide bonds. The van der Waals surface area contributed by atoms with Crippen LogP contribution in [0.4, 0.5) is 14.5 Å². The molecule has 0 aliphatic rings. The van der Waals surface area contributed by atoms with Crippen LogP contribution >= 0.6 is 11.6 Å². The minimum atomic E-state index is -2.99. The molecule has 0 fully saturated rings. The second-order valence-corrected chi connectivity index (χ2v) is 8.24. The van der Waals surface area contributed by atoms with Gasteiger partial charge in [0, 0.05) is 28.7 Å². The first-order chi connectivity index (χ1) is 18.3. The maximum absolute atomic E-state index is 13.7. The normalized spacial score (nSPS) is 12.1. The zero-order chi connectivity index (χ0) is 27.2. The molecule has 38 heavy (non-hydrogen) atoms. The maximum atomic E-state index is 13.7. The van der Waals surface area contributed by atoms with Gasteiger partial charge in [-0.1, -0.05) is 24.2 Å². The van der Waals surface area contributed by atoms with Gasteiger partial charge >= 0.3 is 0 Å². The molecule has 4 rings (SSSR count). The molecular formula is C25H20ClF2N9O. The SMILES string of the molecule is C=CNc1cc(Cl)ccc1/C=c1\c(C)nc2c(C#N)c(C(F)F)nn2c1=NCCNC(=O)c1ccncn1. The van der Waals surface area contributed by atoms with Crippen molar-refractivity contribution in [1.82, 2.24) is 29.9 Å². The molecule has 13 heteroatoms. The third-order valence-electron chi connectivity index (χ3n) is 5.36. The van der Waals surface area contributed by atoms with Crippen LogP contribution in [0.2, 0.25) is 5.02 Å². The minimum absolute atomic E-state index is 0.0400. The number of carbonyl (C=O) groups excluding carboxylic acids is 1. The lowest BCUT2D eigenvalue weighted by Gasteiger charge is -2.07. The van der Waals surface area contributed by atoms with Crippen LogP contribution in [0.1, 0.15) is 39.4 Å². The van der Waals surface area contributed by atoms with E-state index in [4.69, 9.17) is 11.6 Å². The summed E-state index contributed by atoms with van der Waals surface area (Å²) in [6, 6.07) is 8.40. The molecule has 1 aromatic carbocycles. The lowest BCUT2D eigenvalue weighted by atomic mass is 10.1. The van der Waals surface area contributed by atoms with E-state index in [0.717, 1.165) is 4.52 Å². The Morgan fingerprint density at radius 3 is 2.87 bits per heavy atom. The number of anilines is 1. The van der Waals surface area contributed by atoms with Crippen molar-refractivity contribution in [3.63, 3.8) is 0 Å². The van der Waals surface area contributed by atoms with Gasteiger partial charge in [-0.3, -0.25) is 9.79 Å². The van der Waals surface area contributed by atoms with Gasteiger partial charge in [-0.15, -0.1) is 0 Å². The van der Waals surface area contributed by atoms with Gasteiger partial charge < -0.3 is 10.6 Å². The maximum Gasteiger partial charge on any atom is 0.283 e. The summed E-state index contributed by atoms with van der Waals surface area (Å²) in [4.78, 5) is 28.9. The molecule has 0 unspecified atom stereocenters. The summed E-state index contributed by atoms with van der Waals surface area (Å²) in [7, 11) is 0. The van der Waals surface area contributed by atoms with E-state index in [1.807, 2.05) is 0 Å². The number of rotatable bonds is 8. The summed E-state index contributed by atoms with van der Waals surface area (Å²) < 4.78 is 28.5. The molecule has 2 N–H and O–H groups in total. The van der Waals surface area contributed by atoms with Crippen LogP contribution in [-0.4, -0.2) is 43.6 Å². The number of alkyl halides is 2. The Hall–Kier alpha value is -4.76. The van der Waals surface area contributed by atoms with Crippen molar-refractivity contribution in [2.24, 2.45) is 4.99 Å². The highest BCUT2D eigenvalue weighted by atomic mass is 35.5. The van der Waals surface area contributed by atoms with Crippen LogP contribution in [0.25, 0.3) is 11.7 Å². The second kappa shape index (κ2) is 11.5. The van der Waals surface area contributed by atoms with Crippen molar-refractivity contribution >= 4 is 34.9 Å². The van der Waals surface area contributed by atoms with Crippen LogP contribution in [-0.2, 0) is 0 Å². The molecule has 3 aromatic heterocycles. The van der Waals surface area contributed by atoms with Gasteiger partial charge in [0.05, 0.1) is 12.2 Å². The Labute approximate surface area is 220 Å². The highest BCUT2D eigenvalue weighted by Crippen LogP contribution is 2.23. The number of nitrogens with zero attached hydrogens (tertiary/aromatic N) is 7. The molecule has 10 nitrogen and oxygen atoms in total. The van der Waals surface area contributed by atoms with Crippen molar-refractivity contribution < 1.29 is 13.6 Å². The summed E-state index contributed by atoms with van der Waals surface area (Å²) in [5.41, 5.74) is 1.07. The second-order valence-electron chi connectivity index (χ2n) is 7.80. The smallest absolute Gasteiger partial charge is 0.283 e. The van der Waals surface area contributed by atoms with Gasteiger partial charge in [-0.05, 0) is 43.0 Å². The van der Waals surface area contributed by atoms with E-state index in [1.165, 1.54) is 24.8 Å². The van der Waals surface area contributed by atoms with Crippen LogP contribution in [0.15, 0.2) is 54.6 Å². The van der Waals surface area contributed by atoms with Crippen molar-refractivity contribution in [3.05, 3.63) is 93.5 Å². The Balaban J connectivity index is 1.86. The van der Waals surface area contributed by atoms with Crippen molar-refractivity contribution in [3.8, 4) is 6.07 Å². The summed E-state index contributed by atoms with van der Waals surface area (Å²) >= 11 is 6.14. The summed E-state index contributed by atoms with van der Waals surface area (Å²) in [5.74, 6) is -0.419. The molecular weight excluding hydrogens is 516 g/mol. The molecule has 0 spiro atoms. The molecule has 192 valence electrons. The first kappa shape index (κ1) is 26.3. The molecule has 0 atom stereocenters. The first-order valence-electron chi connectivity index (χ1n) is 11.2. The standard InChI is InChI=1S/C25H20ClF2N9O/c1-3-31-20-11-16(26)5-4-15(20)10-17-14(2)35-24-18(12-29)21(22(27)28)36-37(24)23(17)32-8-9-33-25(38)19-6-7-30-13-34-19/h3-7,10-11,13,22,31H,1,8-9H2,2H3,(H,33,38)/b17-10+,32-23?. The molecule has 4 aromatic rings. The molecule has 0 aliphatic carbocycles. The third kappa shape index (κ3) is 5.47. The molecule has 0 saturated carbocycles. The molecule has 0 bridgehead atoms. The van der Waals surface area contributed by atoms with E-state index in [1.54, 1.807) is 37.3 Å². The Kier molecular flexibility index (Phi) is 7.98. The zero-order valence-electron chi connectivity index (χ0n) is 20.0. The van der Waals surface area contributed by atoms with Gasteiger partial charge in [0.15, 0.2) is 11.1 Å². The Morgan fingerprint density at radius 1 is 1.37 bits per heavy atom. The quantitative estimate of drug-likeness (QED) is 0.331. The molecule has 0 radical (unpaired) electrons. The van der Waals surface area contributed by atoms with E-state index in [-0.39, 0.29) is 35.5 Å². The van der Waals surface area contributed by atoms with Crippen molar-refractivity contribution in [2.75, 3.05) is 18.4 Å². The fourth-order valence-corrected chi connectivity index (χ4v) is 3.82. The van der Waals surface area contributed by atoms with Gasteiger partial charge in [0.1, 0.15) is 29.3 Å². The summed E-state index contributed by atoms with van der Waals surface area (Å²) in [6.45, 7) is 5.54. The minimum Gasteiger partial charge on any atom is -0.362 e. The Morgan fingerprint density at radius 2 is 2.18 bits per heavy atom. The average molecular weight is 536 g/mol. The molecule has 0 saturated heterocycles. The fourth-order valence-electron chi connectivity index (χ4n) is 3.64. The van der Waals surface area contributed by atoms with E-state index in [9.17, 15) is 18.8 Å². The number of hydrogen-bond donors (Lipinski definition) is 2. The number of halogens is 3. The van der Waals surface area contributed by atoms with Crippen LogP contribution in [0.3, 0.4) is 0 Å². The number of carbonyl (C=O) groups is 1. The first-order valence-corrected chi connectivity index (χ1v) is 11.6. The number of aryl methyl sites for hydroxylation is 1. The lowest BCUT2D eigenvalue weighted by molar-refractivity contribution is 0.0949. The van der Waals surface area contributed by atoms with Gasteiger partial charge in [0.25, 0.3) is 12.3 Å². The van der Waals surface area contributed by atoms with E-state index >= 15 is 0 Å². The van der Waals surface area contributed by atoms with Gasteiger partial charge in [-0.2, -0.15) is 14.9 Å². The number of amides is 1. The monoisotopic (exact) mass is 535 g/mol. The lowest BCUT2D eigenvalue weighted by Crippen LogP contribution is -2.37. The molecule has 3 heterocycles. The third-order valence-corrected chi connectivity index (χ3v) is 5.59. The zero-order valence-corrected chi connectivity index (χ0v) is 20.7. The highest BCUT2D eigenvalue weighted by Gasteiger charge is 2.23. The number of nitriles is 1. The number of benzene rings is 1. The Bertz CT molecular complexity index is 1680. The van der Waals surface area contributed by atoms with Crippen LogP contribution in [0.5, 0.6) is 0 Å². The highest BCUT2D eigenvalue weighted by molar-refractivity contribution is 6.30. The van der Waals surface area contributed by atoms with Crippen molar-refractivity contribution in [2.45, 2.75) is 13.3 Å². The van der Waals surface area contributed by atoms with Gasteiger partial charge in [0.2, 0.25) is 0 Å². The van der Waals surface area contributed by atoms with Crippen LogP contribution < -0.4 is 21.3 Å². The fraction of sp³-hybridized carbons (Fsp3) is 0.160. The number of nitrogens with one attached hydrogen (secondary N) is 2. The summed E-state index contributed by atoms with van der Waals surface area (Å²) in [5, 5.41) is 20.2. The number of aromatic nitrogens is 5. The largest absolute Gasteiger partial charge is 0.362 e. The van der Waals surface area contributed by atoms with E-state index in [2.05, 4.69) is 42.3 Å². The average Bonchev–Trinajstić information content (AvgIpc) is 3.28. The van der Waals surface area contributed by atoms with Gasteiger partial charge in [-0.25, -0.2) is 23.7 Å².